The van der Waals surface area contributed by atoms with Gasteiger partial charge in [0.05, 0.1) is 24.6 Å². The number of ether oxygens (including phenoxy) is 1. The summed E-state index contributed by atoms with van der Waals surface area (Å²) >= 11 is 0. The van der Waals surface area contributed by atoms with Crippen LogP contribution in [0.2, 0.25) is 0 Å². The first kappa shape index (κ1) is 18.9. The number of amides is 3. The van der Waals surface area contributed by atoms with Crippen LogP contribution in [-0.4, -0.2) is 24.8 Å². The lowest BCUT2D eigenvalue weighted by atomic mass is 9.78. The topological polar surface area (TPSA) is 75.7 Å². The Bertz CT molecular complexity index is 1010. The molecular weight excluding hydrogens is 368 g/mol. The molecule has 0 bridgehead atoms. The summed E-state index contributed by atoms with van der Waals surface area (Å²) in [6.45, 7) is 1.96. The molecule has 2 aromatic carbocycles. The van der Waals surface area contributed by atoms with Gasteiger partial charge in [0.15, 0.2) is 0 Å². The maximum absolute atomic E-state index is 13.0. The van der Waals surface area contributed by atoms with E-state index in [1.165, 1.54) is 4.90 Å². The lowest BCUT2D eigenvalue weighted by molar-refractivity contribution is -0.122. The molecule has 0 radical (unpaired) electrons. The van der Waals surface area contributed by atoms with Crippen molar-refractivity contribution in [2.45, 2.75) is 13.3 Å². The van der Waals surface area contributed by atoms with E-state index in [0.29, 0.717) is 29.1 Å². The third kappa shape index (κ3) is 3.42. The number of fused-ring (bicyclic) bond motifs is 1. The van der Waals surface area contributed by atoms with Gasteiger partial charge in [-0.25, -0.2) is 0 Å². The number of nitrogens with one attached hydrogen (secondary N) is 1. The zero-order valence-corrected chi connectivity index (χ0v) is 16.3. The quantitative estimate of drug-likeness (QED) is 0.639. The monoisotopic (exact) mass is 390 g/mol. The van der Waals surface area contributed by atoms with Crippen molar-refractivity contribution in [1.29, 1.82) is 0 Å². The van der Waals surface area contributed by atoms with E-state index in [1.54, 1.807) is 55.6 Å². The van der Waals surface area contributed by atoms with E-state index in [1.807, 2.05) is 19.1 Å². The second-order valence-corrected chi connectivity index (χ2v) is 7.40. The average molecular weight is 390 g/mol. The van der Waals surface area contributed by atoms with Crippen molar-refractivity contribution in [2.24, 2.45) is 17.8 Å². The molecule has 6 heteroatoms. The van der Waals surface area contributed by atoms with Crippen LogP contribution in [0.1, 0.15) is 23.7 Å². The number of methoxy groups -OCH3 is 1. The Morgan fingerprint density at radius 3 is 2.66 bits per heavy atom. The summed E-state index contributed by atoms with van der Waals surface area (Å²) in [4.78, 5) is 39.8. The molecule has 0 aromatic heterocycles. The van der Waals surface area contributed by atoms with Crippen LogP contribution in [0, 0.1) is 17.8 Å². The maximum atomic E-state index is 13.0. The highest BCUT2D eigenvalue weighted by atomic mass is 16.5. The van der Waals surface area contributed by atoms with E-state index in [-0.39, 0.29) is 35.5 Å². The molecule has 1 fully saturated rings. The van der Waals surface area contributed by atoms with Gasteiger partial charge in [0.2, 0.25) is 11.8 Å². The lowest BCUT2D eigenvalue weighted by Crippen LogP contribution is -2.31. The van der Waals surface area contributed by atoms with Gasteiger partial charge in [0.1, 0.15) is 5.75 Å². The number of nitrogens with zero attached hydrogens (tertiary/aromatic N) is 1. The standard InChI is InChI=1S/C23H22N2O4/c1-14-6-3-11-19-20(14)23(28)25(22(19)27)17-9-4-7-15(12-17)21(26)24-16-8-5-10-18(13-16)29-2/h3-10,12-14,19-20H,11H2,1-2H3,(H,24,26)/t14-,19-,20+/m0/s1. The van der Waals surface area contributed by atoms with Gasteiger partial charge in [-0.1, -0.05) is 31.2 Å². The largest absolute Gasteiger partial charge is 0.497 e. The van der Waals surface area contributed by atoms with Gasteiger partial charge in [-0.3, -0.25) is 19.3 Å². The molecule has 148 valence electrons. The van der Waals surface area contributed by atoms with Crippen molar-refractivity contribution in [3.05, 3.63) is 66.2 Å². The number of rotatable bonds is 4. The molecule has 6 nitrogen and oxygen atoms in total. The molecule has 0 unspecified atom stereocenters. The van der Waals surface area contributed by atoms with Gasteiger partial charge in [0.25, 0.3) is 5.91 Å². The van der Waals surface area contributed by atoms with Crippen LogP contribution < -0.4 is 15.0 Å². The molecule has 1 aliphatic carbocycles. The predicted molar refractivity (Wildman–Crippen MR) is 110 cm³/mol. The third-order valence-electron chi connectivity index (χ3n) is 5.57. The second-order valence-electron chi connectivity index (χ2n) is 7.40. The van der Waals surface area contributed by atoms with Gasteiger partial charge in [-0.15, -0.1) is 0 Å². The second kappa shape index (κ2) is 7.54. The highest BCUT2D eigenvalue weighted by Gasteiger charge is 2.50. The molecule has 1 saturated heterocycles. The Balaban J connectivity index is 1.58. The minimum absolute atomic E-state index is 0.0229. The van der Waals surface area contributed by atoms with Crippen molar-refractivity contribution in [1.82, 2.24) is 0 Å². The SMILES string of the molecule is COc1cccc(NC(=O)c2cccc(N3C(=O)[C@H]4[C@H](CC=C[C@@H]4C)C3=O)c2)c1. The van der Waals surface area contributed by atoms with Crippen molar-refractivity contribution < 1.29 is 19.1 Å². The molecule has 2 aliphatic rings. The van der Waals surface area contributed by atoms with Gasteiger partial charge >= 0.3 is 0 Å². The van der Waals surface area contributed by atoms with E-state index < -0.39 is 0 Å². The first-order valence-corrected chi connectivity index (χ1v) is 9.59. The van der Waals surface area contributed by atoms with Crippen LogP contribution >= 0.6 is 0 Å². The van der Waals surface area contributed by atoms with Gasteiger partial charge in [-0.2, -0.15) is 0 Å². The summed E-state index contributed by atoms with van der Waals surface area (Å²) in [5.74, 6) is -0.709. The first-order valence-electron chi connectivity index (χ1n) is 9.59. The van der Waals surface area contributed by atoms with Gasteiger partial charge < -0.3 is 10.1 Å². The van der Waals surface area contributed by atoms with Crippen LogP contribution in [0.25, 0.3) is 0 Å². The Morgan fingerprint density at radius 2 is 1.90 bits per heavy atom. The number of hydrogen-bond acceptors (Lipinski definition) is 4. The molecule has 29 heavy (non-hydrogen) atoms. The number of imide groups is 1. The van der Waals surface area contributed by atoms with Crippen LogP contribution in [-0.2, 0) is 9.59 Å². The van der Waals surface area contributed by atoms with E-state index in [9.17, 15) is 14.4 Å². The van der Waals surface area contributed by atoms with E-state index in [0.717, 1.165) is 0 Å². The number of benzene rings is 2. The first-order chi connectivity index (χ1) is 14.0. The van der Waals surface area contributed by atoms with Gasteiger partial charge in [-0.05, 0) is 42.7 Å². The van der Waals surface area contributed by atoms with Crippen LogP contribution in [0.15, 0.2) is 60.7 Å². The highest BCUT2D eigenvalue weighted by Crippen LogP contribution is 2.40. The Hall–Kier alpha value is -3.41. The molecule has 0 spiro atoms. The average Bonchev–Trinajstić information content (AvgIpc) is 2.99. The fraction of sp³-hybridized carbons (Fsp3) is 0.261. The molecule has 3 atom stereocenters. The summed E-state index contributed by atoms with van der Waals surface area (Å²) in [5.41, 5.74) is 1.39. The number of carbonyl (C=O) groups is 3. The summed E-state index contributed by atoms with van der Waals surface area (Å²) in [6.07, 6.45) is 4.54. The van der Waals surface area contributed by atoms with Crippen LogP contribution in [0.5, 0.6) is 5.75 Å². The minimum Gasteiger partial charge on any atom is -0.497 e. The summed E-state index contributed by atoms with van der Waals surface area (Å²) < 4.78 is 5.17. The van der Waals surface area contributed by atoms with Crippen molar-refractivity contribution in [2.75, 3.05) is 17.3 Å². The molecule has 3 amide bonds. The van der Waals surface area contributed by atoms with E-state index >= 15 is 0 Å². The molecule has 1 heterocycles. The molecule has 1 aliphatic heterocycles. The fourth-order valence-electron chi connectivity index (χ4n) is 4.09. The Kier molecular flexibility index (Phi) is 4.92. The van der Waals surface area contributed by atoms with Gasteiger partial charge in [0, 0.05) is 17.3 Å². The molecular formula is C23H22N2O4. The Labute approximate surface area is 169 Å². The number of carbonyl (C=O) groups excluding carboxylic acids is 3. The summed E-state index contributed by atoms with van der Waals surface area (Å²) in [7, 11) is 1.56. The third-order valence-corrected chi connectivity index (χ3v) is 5.57. The number of anilines is 2. The molecule has 2 aromatic rings. The number of hydrogen-bond donors (Lipinski definition) is 1. The maximum Gasteiger partial charge on any atom is 0.255 e. The fourth-order valence-corrected chi connectivity index (χ4v) is 4.09. The predicted octanol–water partition coefficient (Wildman–Crippen LogP) is 3.65. The zero-order valence-electron chi connectivity index (χ0n) is 16.3. The zero-order chi connectivity index (χ0) is 20.5. The van der Waals surface area contributed by atoms with Crippen LogP contribution in [0.3, 0.4) is 0 Å². The minimum atomic E-state index is -0.332. The normalized spacial score (nSPS) is 23.1. The molecule has 0 saturated carbocycles. The highest BCUT2D eigenvalue weighted by molar-refractivity contribution is 6.22. The Morgan fingerprint density at radius 1 is 1.10 bits per heavy atom. The summed E-state index contributed by atoms with van der Waals surface area (Å²) in [6, 6.07) is 13.7. The van der Waals surface area contributed by atoms with Crippen molar-refractivity contribution in [3.8, 4) is 5.75 Å². The number of allylic oxidation sites excluding steroid dienone is 2. The lowest BCUT2D eigenvalue weighted by Gasteiger charge is -2.22. The van der Waals surface area contributed by atoms with Crippen LogP contribution in [0.4, 0.5) is 11.4 Å². The smallest absolute Gasteiger partial charge is 0.255 e. The molecule has 1 N–H and O–H groups in total. The van der Waals surface area contributed by atoms with Crippen molar-refractivity contribution in [3.63, 3.8) is 0 Å². The van der Waals surface area contributed by atoms with E-state index in [4.69, 9.17) is 4.74 Å². The molecule has 4 rings (SSSR count). The van der Waals surface area contributed by atoms with Crippen molar-refractivity contribution >= 4 is 29.1 Å². The summed E-state index contributed by atoms with van der Waals surface area (Å²) in [5, 5.41) is 2.81. The van der Waals surface area contributed by atoms with E-state index in [2.05, 4.69) is 5.32 Å².